The van der Waals surface area contributed by atoms with Gasteiger partial charge in [-0.1, -0.05) is 42.5 Å². The van der Waals surface area contributed by atoms with Crippen molar-refractivity contribution in [2.45, 2.75) is 0 Å². The van der Waals surface area contributed by atoms with Crippen molar-refractivity contribution in [1.29, 1.82) is 0 Å². The number of nitrogens with two attached hydrogens (primary N) is 1. The quantitative estimate of drug-likeness (QED) is 0.421. The average molecular weight is 252 g/mol. The first kappa shape index (κ1) is 12.5. The molecule has 0 fully saturated rings. The number of nitrogens with one attached hydrogen (secondary N) is 2. The largest absolute Gasteiger partial charge is 0.388 e. The van der Waals surface area contributed by atoms with Crippen LogP contribution in [0, 0.1) is 0 Å². The van der Waals surface area contributed by atoms with Crippen LogP contribution in [-0.2, 0) is 0 Å². The van der Waals surface area contributed by atoms with E-state index in [1.165, 1.54) is 0 Å². The third-order valence-electron chi connectivity index (χ3n) is 1.78. The zero-order valence-corrected chi connectivity index (χ0v) is 10.4. The average Bonchev–Trinajstić information content (AvgIpc) is 2.30. The molecule has 0 amide bonds. The Hall–Kier alpha value is -1.53. The minimum Gasteiger partial charge on any atom is -0.388 e. The van der Waals surface area contributed by atoms with E-state index in [9.17, 15) is 0 Å². The lowest BCUT2D eigenvalue weighted by atomic mass is 10.1. The van der Waals surface area contributed by atoms with Crippen LogP contribution in [0.2, 0.25) is 0 Å². The van der Waals surface area contributed by atoms with Crippen LogP contribution in [0.4, 0.5) is 0 Å². The van der Waals surface area contributed by atoms with E-state index in [2.05, 4.69) is 15.8 Å². The van der Waals surface area contributed by atoms with Gasteiger partial charge in [-0.05, 0) is 12.2 Å². The molecule has 0 heterocycles. The van der Waals surface area contributed by atoms with Crippen LogP contribution in [0.3, 0.4) is 0 Å². The van der Waals surface area contributed by atoms with Gasteiger partial charge < -0.3 is 11.1 Å². The van der Waals surface area contributed by atoms with Crippen LogP contribution < -0.4 is 16.5 Å². The molecule has 0 aliphatic carbocycles. The molecule has 4 N–H and O–H groups in total. The summed E-state index contributed by atoms with van der Waals surface area (Å²) in [5, 5.41) is 7.21. The Morgan fingerprint density at radius 3 is 2.38 bits per heavy atom. The lowest BCUT2D eigenvalue weighted by Gasteiger charge is -2.06. The number of hydrazone groups is 1. The fourth-order valence-corrected chi connectivity index (χ4v) is 1.23. The number of benzene rings is 1. The third-order valence-corrected chi connectivity index (χ3v) is 2.27. The third kappa shape index (κ3) is 3.56. The molecular weight excluding hydrogens is 240 g/mol. The van der Waals surface area contributed by atoms with Crippen LogP contribution in [0.15, 0.2) is 35.4 Å². The van der Waals surface area contributed by atoms with Crippen molar-refractivity contribution in [2.24, 2.45) is 10.8 Å². The van der Waals surface area contributed by atoms with Gasteiger partial charge in [0, 0.05) is 12.6 Å². The second-order valence-electron chi connectivity index (χ2n) is 2.88. The maximum Gasteiger partial charge on any atom is 0.186 e. The van der Waals surface area contributed by atoms with Crippen molar-refractivity contribution in [3.05, 3.63) is 35.9 Å². The van der Waals surface area contributed by atoms with E-state index in [0.29, 0.717) is 10.8 Å². The second-order valence-corrected chi connectivity index (χ2v) is 3.73. The predicted molar refractivity (Wildman–Crippen MR) is 74.6 cm³/mol. The zero-order chi connectivity index (χ0) is 12.0. The van der Waals surface area contributed by atoms with Crippen molar-refractivity contribution in [1.82, 2.24) is 10.7 Å². The van der Waals surface area contributed by atoms with Gasteiger partial charge in [0.1, 0.15) is 10.7 Å². The molecule has 0 unspecified atom stereocenters. The number of hydrogen-bond donors (Lipinski definition) is 3. The Kier molecular flexibility index (Phi) is 4.81. The zero-order valence-electron chi connectivity index (χ0n) is 8.73. The molecule has 84 valence electrons. The lowest BCUT2D eigenvalue weighted by molar-refractivity contribution is 0.978. The first-order chi connectivity index (χ1) is 7.65. The number of rotatable bonds is 3. The van der Waals surface area contributed by atoms with E-state index >= 15 is 0 Å². The molecule has 6 heteroatoms. The van der Waals surface area contributed by atoms with E-state index < -0.39 is 0 Å². The van der Waals surface area contributed by atoms with E-state index in [-0.39, 0.29) is 4.99 Å². The van der Waals surface area contributed by atoms with E-state index in [1.807, 2.05) is 30.3 Å². The summed E-state index contributed by atoms with van der Waals surface area (Å²) < 4.78 is 0. The Morgan fingerprint density at radius 1 is 1.25 bits per heavy atom. The molecule has 1 rings (SSSR count). The fraction of sp³-hybridized carbons (Fsp3) is 0.100. The summed E-state index contributed by atoms with van der Waals surface area (Å²) in [6.07, 6.45) is 0. The van der Waals surface area contributed by atoms with Gasteiger partial charge in [0.25, 0.3) is 0 Å². The van der Waals surface area contributed by atoms with Gasteiger partial charge in [-0.2, -0.15) is 5.10 Å². The summed E-state index contributed by atoms with van der Waals surface area (Å²) >= 11 is 9.83. The summed E-state index contributed by atoms with van der Waals surface area (Å²) in [6, 6.07) is 9.44. The van der Waals surface area contributed by atoms with Crippen LogP contribution >= 0.6 is 24.4 Å². The molecule has 0 aliphatic heterocycles. The first-order valence-electron chi connectivity index (χ1n) is 4.55. The minimum absolute atomic E-state index is 0.220. The summed E-state index contributed by atoms with van der Waals surface area (Å²) in [4.78, 5) is 0.220. The molecule has 0 aliphatic rings. The Balaban J connectivity index is 2.92. The van der Waals surface area contributed by atoms with Gasteiger partial charge in [0.15, 0.2) is 5.11 Å². The molecular formula is C10H12N4S2. The number of hydrogen-bond acceptors (Lipinski definition) is 3. The molecule has 0 spiro atoms. The molecule has 0 saturated carbocycles. The Labute approximate surface area is 105 Å². The van der Waals surface area contributed by atoms with Crippen molar-refractivity contribution >= 4 is 40.2 Å². The fourth-order valence-electron chi connectivity index (χ4n) is 1.02. The monoisotopic (exact) mass is 252 g/mol. The maximum atomic E-state index is 5.59. The smallest absolute Gasteiger partial charge is 0.186 e. The van der Waals surface area contributed by atoms with Crippen LogP contribution in [0.5, 0.6) is 0 Å². The highest BCUT2D eigenvalue weighted by Gasteiger charge is 2.06. The molecule has 0 aromatic heterocycles. The van der Waals surface area contributed by atoms with Crippen molar-refractivity contribution < 1.29 is 0 Å². The first-order valence-corrected chi connectivity index (χ1v) is 5.37. The second kappa shape index (κ2) is 6.14. The van der Waals surface area contributed by atoms with Gasteiger partial charge in [-0.3, -0.25) is 5.43 Å². The number of nitrogens with zero attached hydrogens (tertiary/aromatic N) is 1. The summed E-state index contributed by atoms with van der Waals surface area (Å²) in [5.41, 5.74) is 9.60. The summed E-state index contributed by atoms with van der Waals surface area (Å²) in [7, 11) is 1.70. The lowest BCUT2D eigenvalue weighted by Crippen LogP contribution is -2.32. The Bertz CT molecular complexity index is 414. The summed E-state index contributed by atoms with van der Waals surface area (Å²) in [6.45, 7) is 0. The highest BCUT2D eigenvalue weighted by atomic mass is 32.1. The maximum absolute atomic E-state index is 5.59. The normalized spacial score (nSPS) is 10.7. The molecule has 1 aromatic carbocycles. The molecule has 0 bridgehead atoms. The van der Waals surface area contributed by atoms with Gasteiger partial charge in [-0.25, -0.2) is 0 Å². The summed E-state index contributed by atoms with van der Waals surface area (Å²) in [5.74, 6) is 0. The van der Waals surface area contributed by atoms with Crippen molar-refractivity contribution in [2.75, 3.05) is 7.05 Å². The highest BCUT2D eigenvalue weighted by Crippen LogP contribution is 2.01. The van der Waals surface area contributed by atoms with Crippen molar-refractivity contribution in [3.8, 4) is 0 Å². The molecule has 1 aromatic rings. The molecule has 16 heavy (non-hydrogen) atoms. The van der Waals surface area contributed by atoms with E-state index in [0.717, 1.165) is 5.56 Å². The molecule has 0 atom stereocenters. The van der Waals surface area contributed by atoms with Crippen LogP contribution in [0.1, 0.15) is 5.56 Å². The van der Waals surface area contributed by atoms with Gasteiger partial charge in [0.05, 0.1) is 0 Å². The Morgan fingerprint density at radius 2 is 1.88 bits per heavy atom. The van der Waals surface area contributed by atoms with Crippen molar-refractivity contribution in [3.63, 3.8) is 0 Å². The standard InChI is InChI=1S/C10H12N4S2/c1-12-10(16)14-13-8(9(11)15)7-5-3-2-4-6-7/h2-6H,1H3,(H2,11,15)(H2,12,14,16)/b13-8-. The van der Waals surface area contributed by atoms with E-state index in [1.54, 1.807) is 7.05 Å². The van der Waals surface area contributed by atoms with Gasteiger partial charge >= 0.3 is 0 Å². The SMILES string of the molecule is CNC(=S)N/N=C(\C(N)=S)c1ccccc1. The highest BCUT2D eigenvalue weighted by molar-refractivity contribution is 7.82. The topological polar surface area (TPSA) is 62.4 Å². The van der Waals surface area contributed by atoms with E-state index in [4.69, 9.17) is 30.2 Å². The van der Waals surface area contributed by atoms with Crippen LogP contribution in [-0.4, -0.2) is 22.9 Å². The van der Waals surface area contributed by atoms with Gasteiger partial charge in [-0.15, -0.1) is 0 Å². The molecule has 0 saturated heterocycles. The van der Waals surface area contributed by atoms with Crippen LogP contribution in [0.25, 0.3) is 0 Å². The molecule has 4 nitrogen and oxygen atoms in total. The number of thiocarbonyl (C=S) groups is 2. The van der Waals surface area contributed by atoms with Gasteiger partial charge in [0.2, 0.25) is 0 Å². The predicted octanol–water partition coefficient (Wildman–Crippen LogP) is 0.771. The molecule has 0 radical (unpaired) electrons. The minimum atomic E-state index is 0.220.